The number of hydrogen-bond acceptors (Lipinski definition) is 9. The Morgan fingerprint density at radius 1 is 1.00 bits per heavy atom. The number of ether oxygens (including phenoxy) is 2. The van der Waals surface area contributed by atoms with Gasteiger partial charge < -0.3 is 9.47 Å². The van der Waals surface area contributed by atoms with Crippen LogP contribution in [0, 0.1) is 45.6 Å². The molecule has 0 heterocycles. The first-order valence-electron chi connectivity index (χ1n) is 9.71. The topological polar surface area (TPSA) is 139 Å². The number of allylic oxidation sites excluding steroid dienone is 2. The second kappa shape index (κ2) is 7.72. The van der Waals surface area contributed by atoms with E-state index in [0.717, 1.165) is 24.3 Å². The first-order chi connectivity index (χ1) is 14.7. The number of nitro benzene ring substituents is 1. The van der Waals surface area contributed by atoms with Crippen LogP contribution in [-0.2, 0) is 33.4 Å². The van der Waals surface area contributed by atoms with Crippen LogP contribution >= 0.6 is 0 Å². The van der Waals surface area contributed by atoms with Crippen molar-refractivity contribution in [2.45, 2.75) is 17.4 Å². The average molecular weight is 451 g/mol. The van der Waals surface area contributed by atoms with Crippen molar-refractivity contribution in [1.29, 1.82) is 0 Å². The lowest BCUT2D eigenvalue weighted by Crippen LogP contribution is -2.63. The highest BCUT2D eigenvalue weighted by atomic mass is 32.2. The Labute approximate surface area is 178 Å². The summed E-state index contributed by atoms with van der Waals surface area (Å²) in [6.45, 7) is 0. The fraction of sp³-hybridized carbons (Fsp3) is 0.500. The summed E-state index contributed by atoms with van der Waals surface area (Å²) < 4.78 is 40.7. The Bertz CT molecular complexity index is 1050. The molecule has 5 rings (SSSR count). The standard InChI is InChI=1S/C20H21NO9S/c1-28-19(22)17-12-7-8-13(18(17)20(23)29-2)16-14(12)9-15(16)30-31(26,27)11-5-3-10(4-6-11)21(24)25/h3-8,12-18H,9H2,1-2H3/t12-,13+,14-,15+,16+,17+,18+/m1/s1. The van der Waals surface area contributed by atoms with E-state index in [-0.39, 0.29) is 28.3 Å². The van der Waals surface area contributed by atoms with Crippen molar-refractivity contribution in [2.75, 3.05) is 14.2 Å². The lowest BCUT2D eigenvalue weighted by molar-refractivity contribution is -0.384. The lowest BCUT2D eigenvalue weighted by Gasteiger charge is -2.59. The molecule has 0 unspecified atom stereocenters. The minimum atomic E-state index is -4.16. The van der Waals surface area contributed by atoms with Gasteiger partial charge in [0.05, 0.1) is 42.0 Å². The highest BCUT2D eigenvalue weighted by Gasteiger charge is 2.64. The minimum absolute atomic E-state index is 0.0166. The largest absolute Gasteiger partial charge is 0.469 e. The fourth-order valence-electron chi connectivity index (χ4n) is 5.30. The number of methoxy groups -OCH3 is 2. The number of nitro groups is 1. The molecule has 0 saturated heterocycles. The SMILES string of the molecule is COC(=O)[C@H]1[C@@H]2C=C[C@H]([C@@H]1C(=O)OC)[C@H]1[C@@H]2C[C@@H]1OS(=O)(=O)c1ccc([N+](=O)[O-])cc1. The van der Waals surface area contributed by atoms with Gasteiger partial charge in [-0.3, -0.25) is 23.9 Å². The molecule has 0 aliphatic heterocycles. The maximum Gasteiger partial charge on any atom is 0.310 e. The van der Waals surface area contributed by atoms with Crippen LogP contribution in [0.4, 0.5) is 5.69 Å². The molecule has 2 fully saturated rings. The molecule has 0 spiro atoms. The van der Waals surface area contributed by atoms with Gasteiger partial charge in [-0.15, -0.1) is 0 Å². The van der Waals surface area contributed by atoms with E-state index in [4.69, 9.17) is 13.7 Å². The second-order valence-electron chi connectivity index (χ2n) is 7.95. The number of benzene rings is 1. The molecule has 0 amide bonds. The van der Waals surface area contributed by atoms with Gasteiger partial charge in [-0.2, -0.15) is 8.42 Å². The lowest BCUT2D eigenvalue weighted by atomic mass is 9.45. The van der Waals surface area contributed by atoms with Crippen LogP contribution in [-0.4, -0.2) is 45.6 Å². The Morgan fingerprint density at radius 3 is 2.10 bits per heavy atom. The molecule has 2 saturated carbocycles. The monoisotopic (exact) mass is 451 g/mol. The van der Waals surface area contributed by atoms with Crippen LogP contribution in [0.25, 0.3) is 0 Å². The van der Waals surface area contributed by atoms with E-state index in [0.29, 0.717) is 6.42 Å². The first kappa shape index (κ1) is 21.4. The molecule has 2 bridgehead atoms. The smallest absolute Gasteiger partial charge is 0.310 e. The quantitative estimate of drug-likeness (QED) is 0.208. The number of carbonyl (C=O) groups is 2. The third kappa shape index (κ3) is 3.41. The Kier molecular flexibility index (Phi) is 5.34. The van der Waals surface area contributed by atoms with Crippen LogP contribution in [0.5, 0.6) is 0 Å². The van der Waals surface area contributed by atoms with Gasteiger partial charge >= 0.3 is 11.9 Å². The van der Waals surface area contributed by atoms with Crippen molar-refractivity contribution in [3.8, 4) is 0 Å². The second-order valence-corrected chi connectivity index (χ2v) is 9.53. The van der Waals surface area contributed by atoms with E-state index in [9.17, 15) is 28.1 Å². The molecule has 31 heavy (non-hydrogen) atoms. The van der Waals surface area contributed by atoms with Gasteiger partial charge in [0.2, 0.25) is 0 Å². The zero-order chi connectivity index (χ0) is 22.5. The first-order valence-corrected chi connectivity index (χ1v) is 11.1. The van der Waals surface area contributed by atoms with Crippen molar-refractivity contribution in [3.63, 3.8) is 0 Å². The molecule has 11 heteroatoms. The molecule has 166 valence electrons. The Balaban J connectivity index is 1.57. The van der Waals surface area contributed by atoms with Gasteiger partial charge in [0.1, 0.15) is 0 Å². The van der Waals surface area contributed by atoms with Gasteiger partial charge in [0.25, 0.3) is 15.8 Å². The molecule has 4 aliphatic rings. The summed E-state index contributed by atoms with van der Waals surface area (Å²) in [5, 5.41) is 10.8. The van der Waals surface area contributed by atoms with E-state index in [2.05, 4.69) is 0 Å². The van der Waals surface area contributed by atoms with Crippen LogP contribution in [0.15, 0.2) is 41.3 Å². The fourth-order valence-corrected chi connectivity index (χ4v) is 6.41. The molecule has 0 radical (unpaired) electrons. The minimum Gasteiger partial charge on any atom is -0.469 e. The molecule has 7 atom stereocenters. The number of non-ortho nitro benzene ring substituents is 1. The predicted octanol–water partition coefficient (Wildman–Crippen LogP) is 1.70. The van der Waals surface area contributed by atoms with Crippen molar-refractivity contribution < 1.29 is 36.6 Å². The third-order valence-corrected chi connectivity index (χ3v) is 8.02. The summed E-state index contributed by atoms with van der Waals surface area (Å²) in [7, 11) is -1.65. The number of rotatable bonds is 6. The highest BCUT2D eigenvalue weighted by Crippen LogP contribution is 2.61. The number of carbonyl (C=O) groups excluding carboxylic acids is 2. The highest BCUT2D eigenvalue weighted by molar-refractivity contribution is 7.86. The molecule has 4 aliphatic carbocycles. The number of nitrogens with zero attached hydrogens (tertiary/aromatic N) is 1. The zero-order valence-corrected chi connectivity index (χ0v) is 17.6. The average Bonchev–Trinajstić information content (AvgIpc) is 2.75. The molecular weight excluding hydrogens is 430 g/mol. The van der Waals surface area contributed by atoms with E-state index in [1.54, 1.807) is 0 Å². The molecule has 0 N–H and O–H groups in total. The number of hydrogen-bond donors (Lipinski definition) is 0. The predicted molar refractivity (Wildman–Crippen MR) is 104 cm³/mol. The Morgan fingerprint density at radius 2 is 1.55 bits per heavy atom. The summed E-state index contributed by atoms with van der Waals surface area (Å²) in [5.41, 5.74) is -0.229. The van der Waals surface area contributed by atoms with Gasteiger partial charge in [0, 0.05) is 12.1 Å². The molecule has 10 nitrogen and oxygen atoms in total. The van der Waals surface area contributed by atoms with Gasteiger partial charge in [0.15, 0.2) is 0 Å². The number of esters is 2. The van der Waals surface area contributed by atoms with Crippen LogP contribution in [0.1, 0.15) is 6.42 Å². The van der Waals surface area contributed by atoms with Crippen molar-refractivity contribution in [3.05, 3.63) is 46.5 Å². The van der Waals surface area contributed by atoms with Crippen LogP contribution in [0.3, 0.4) is 0 Å². The Hall–Kier alpha value is -2.79. The van der Waals surface area contributed by atoms with Gasteiger partial charge in [-0.25, -0.2) is 0 Å². The van der Waals surface area contributed by atoms with Crippen molar-refractivity contribution in [1.82, 2.24) is 0 Å². The van der Waals surface area contributed by atoms with Crippen LogP contribution in [0.2, 0.25) is 0 Å². The van der Waals surface area contributed by atoms with E-state index in [1.165, 1.54) is 14.2 Å². The van der Waals surface area contributed by atoms with Crippen molar-refractivity contribution in [2.24, 2.45) is 35.5 Å². The molecule has 1 aromatic rings. The number of fused-ring (bicyclic) bond motifs is 1. The summed E-state index contributed by atoms with van der Waals surface area (Å²) >= 11 is 0. The molecular formula is C20H21NO9S. The van der Waals surface area contributed by atoms with Gasteiger partial charge in [-0.1, -0.05) is 12.2 Å². The molecule has 1 aromatic carbocycles. The van der Waals surface area contributed by atoms with Crippen LogP contribution < -0.4 is 0 Å². The van der Waals surface area contributed by atoms with Crippen molar-refractivity contribution >= 4 is 27.7 Å². The maximum atomic E-state index is 12.7. The summed E-state index contributed by atoms with van der Waals surface area (Å²) in [5.74, 6) is -3.47. The third-order valence-electron chi connectivity index (χ3n) is 6.67. The normalized spacial score (nSPS) is 33.2. The maximum absolute atomic E-state index is 12.7. The van der Waals surface area contributed by atoms with Gasteiger partial charge in [-0.05, 0) is 42.2 Å². The van der Waals surface area contributed by atoms with E-state index >= 15 is 0 Å². The summed E-state index contributed by atoms with van der Waals surface area (Å²) in [6, 6.07) is 4.45. The van der Waals surface area contributed by atoms with E-state index in [1.807, 2.05) is 12.2 Å². The zero-order valence-electron chi connectivity index (χ0n) is 16.7. The summed E-state index contributed by atoms with van der Waals surface area (Å²) in [4.78, 5) is 34.9. The van der Waals surface area contributed by atoms with E-state index < -0.39 is 50.8 Å². The summed E-state index contributed by atoms with van der Waals surface area (Å²) in [6.07, 6.45) is 3.46. The molecule has 0 aromatic heterocycles.